The molecule has 21 rings (SSSR count). The third-order valence-electron chi connectivity index (χ3n) is 27.7. The summed E-state index contributed by atoms with van der Waals surface area (Å²) >= 11 is 0. The molecule has 0 N–H and O–H groups in total. The van der Waals surface area contributed by atoms with E-state index in [0.717, 1.165) is 239 Å². The first-order chi connectivity index (χ1) is 67.2. The van der Waals surface area contributed by atoms with Crippen LogP contribution < -0.4 is 22.8 Å². The third kappa shape index (κ3) is 16.7. The number of hydrogen-bond acceptors (Lipinski definition) is 5. The minimum Gasteiger partial charge on any atom is -0.456 e. The Kier molecular flexibility index (Phi) is 26.3. The molecule has 21 aromatic rings. The molecule has 0 unspecified atom stereocenters. The van der Waals surface area contributed by atoms with E-state index in [0.29, 0.717) is 17.1 Å². The van der Waals surface area contributed by atoms with Crippen LogP contribution in [0.4, 0.5) is 28.4 Å². The van der Waals surface area contributed by atoms with Crippen LogP contribution in [0, 0.1) is 95.2 Å². The zero-order valence-corrected chi connectivity index (χ0v) is 84.5. The van der Waals surface area contributed by atoms with E-state index in [1.807, 2.05) is 80.6 Å². The number of furan rings is 5. The van der Waals surface area contributed by atoms with Crippen molar-refractivity contribution in [3.05, 3.63) is 378 Å². The normalized spacial score (nSPS) is 11.4. The van der Waals surface area contributed by atoms with E-state index in [2.05, 4.69) is 377 Å². The molecule has 15 heteroatoms. The molecule has 0 aliphatic heterocycles. The predicted molar refractivity (Wildman–Crippen MR) is 571 cm³/mol. The molecule has 140 heavy (non-hydrogen) atoms. The minimum absolute atomic E-state index is 0.207. The van der Waals surface area contributed by atoms with Crippen LogP contribution in [0.25, 0.3) is 201 Å². The summed E-state index contributed by atoms with van der Waals surface area (Å²) in [6, 6.07) is 73.1. The van der Waals surface area contributed by atoms with Gasteiger partial charge in [0.2, 0.25) is 28.5 Å². The van der Waals surface area contributed by atoms with Crippen LogP contribution in [0.3, 0.4) is 0 Å². The molecule has 0 saturated heterocycles. The topological polar surface area (TPSA) is 107 Å². The summed E-state index contributed by atoms with van der Waals surface area (Å²) in [4.78, 5) is 18.9. The van der Waals surface area contributed by atoms with E-state index in [-0.39, 0.29) is 29.6 Å². The fraction of sp³-hybridized carbons (Fsp3) is 0.232. The maximum atomic E-state index is 7.84. The van der Waals surface area contributed by atoms with Gasteiger partial charge in [-0.05, 0) is 195 Å². The average Bonchev–Trinajstić information content (AvgIpc) is 1.60. The number of aromatic nitrogens is 5. The van der Waals surface area contributed by atoms with Crippen molar-refractivity contribution in [1.29, 1.82) is 0 Å². The molecule has 10 heterocycles. The van der Waals surface area contributed by atoms with Gasteiger partial charge < -0.3 is 22.1 Å². The number of aryl methyl sites for hydroxylation is 14. The molecule has 0 atom stereocenters. The maximum Gasteiger partial charge on any atom is 0.216 e. The third-order valence-corrected chi connectivity index (χ3v) is 27.7. The van der Waals surface area contributed by atoms with Crippen LogP contribution in [0.2, 0.25) is 0 Å². The van der Waals surface area contributed by atoms with Crippen LogP contribution in [-0.2, 0) is 35.2 Å². The Hall–Kier alpha value is -16.4. The molecule has 0 amide bonds. The first-order valence-electron chi connectivity index (χ1n) is 47.9. The molecule has 0 aliphatic carbocycles. The highest BCUT2D eigenvalue weighted by molar-refractivity contribution is 6.20. The monoisotopic (exact) mass is 1840 g/mol. The van der Waals surface area contributed by atoms with Gasteiger partial charge in [0, 0.05) is 137 Å². The summed E-state index contributed by atoms with van der Waals surface area (Å²) in [5.41, 5.74) is 40.8. The van der Waals surface area contributed by atoms with Crippen LogP contribution >= 0.6 is 0 Å². The highest BCUT2D eigenvalue weighted by Gasteiger charge is 2.33. The van der Waals surface area contributed by atoms with Crippen LogP contribution in [-0.4, -0.2) is 0 Å². The van der Waals surface area contributed by atoms with Crippen molar-refractivity contribution in [3.63, 3.8) is 0 Å². The van der Waals surface area contributed by atoms with Gasteiger partial charge in [-0.3, -0.25) is 0 Å². The lowest BCUT2D eigenvalue weighted by atomic mass is 9.90. The Morgan fingerprint density at radius 1 is 0.236 bits per heavy atom. The van der Waals surface area contributed by atoms with Gasteiger partial charge in [-0.25, -0.2) is 47.1 Å². The molecule has 10 aromatic heterocycles. The Morgan fingerprint density at radius 2 is 0.571 bits per heavy atom. The predicted octanol–water partition coefficient (Wildman–Crippen LogP) is 33.2. The van der Waals surface area contributed by atoms with Crippen LogP contribution in [0.5, 0.6) is 0 Å². The highest BCUT2D eigenvalue weighted by Crippen LogP contribution is 2.52. The van der Waals surface area contributed by atoms with Gasteiger partial charge in [0.25, 0.3) is 0 Å². The Bertz CT molecular complexity index is 8850. The second-order valence-corrected chi connectivity index (χ2v) is 38.7. The van der Waals surface area contributed by atoms with E-state index in [1.165, 1.54) is 27.8 Å². The smallest absolute Gasteiger partial charge is 0.216 e. The van der Waals surface area contributed by atoms with Crippen molar-refractivity contribution in [1.82, 2.24) is 0 Å². The van der Waals surface area contributed by atoms with Gasteiger partial charge in [-0.2, -0.15) is 0 Å². The number of hydrogen-bond donors (Lipinski definition) is 0. The lowest BCUT2D eigenvalue weighted by Gasteiger charge is -2.15. The van der Waals surface area contributed by atoms with Crippen molar-refractivity contribution < 1.29 is 44.9 Å². The standard InChI is InChI=1S/C27H21N2O.C26H27N2O.3C24H23N2O/c1-17-16-21(19-10-6-5-7-11-19)25-20-13-14-22(28-3)18(2)26(20)30-27(25)24(17)23-12-8-9-15-29(23)4;1-15(2)19-14-20-18-12-11-17(5)23(21-10-8-9-13-28(21)7)25(18)29-26(20)22(16(3)4)24(19)27-6;1-14(2)20-18(25-5)11-10-17-21-15(3)13-16(4)22(24(21)27-23(17)20)19-9-7-8-12-26(19)6;1-14(2)20-18(25-5)13-16(4)21-17-11-10-15(3)22(23(17)27-24(20)21)19-9-7-8-12-26(19)6;1-14(2)20-22(25-5)16(4)13-18-17-11-10-15(3)21(23(17)27-24(18)20)19-9-7-8-12-26(19)6/h5-16H,1-2,4H3;8-16H,1-5,7H3;3*7-14H,1-4,6H3/q5*+1. The Balaban J connectivity index is 0.000000121. The fourth-order valence-corrected chi connectivity index (χ4v) is 20.9. The zero-order chi connectivity index (χ0) is 99.6. The first kappa shape index (κ1) is 95.3. The molecule has 0 spiro atoms. The van der Waals surface area contributed by atoms with Gasteiger partial charge in [0.1, 0.15) is 91.1 Å². The number of pyridine rings is 5. The molecular formula is C125H117N10O5+5. The molecule has 0 saturated carbocycles. The maximum absolute atomic E-state index is 7.84. The molecular weight excluding hydrogens is 1720 g/mol. The van der Waals surface area contributed by atoms with E-state index in [9.17, 15) is 0 Å². The number of nitrogens with zero attached hydrogens (tertiary/aromatic N) is 10. The number of rotatable bonds is 11. The largest absolute Gasteiger partial charge is 0.456 e. The minimum atomic E-state index is 0.207. The van der Waals surface area contributed by atoms with Gasteiger partial charge in [0.05, 0.1) is 60.7 Å². The highest BCUT2D eigenvalue weighted by atomic mass is 16.3. The van der Waals surface area contributed by atoms with Gasteiger partial charge in [-0.15, -0.1) is 0 Å². The average molecular weight is 1840 g/mol. The lowest BCUT2D eigenvalue weighted by Crippen LogP contribution is -2.30. The molecule has 15 nitrogen and oxygen atoms in total. The molecule has 0 aliphatic rings. The van der Waals surface area contributed by atoms with Crippen molar-refractivity contribution in [2.75, 3.05) is 0 Å². The zero-order valence-electron chi connectivity index (χ0n) is 84.5. The van der Waals surface area contributed by atoms with Crippen LogP contribution in [0.15, 0.2) is 265 Å². The summed E-state index contributed by atoms with van der Waals surface area (Å²) in [6.07, 6.45) is 10.3. The van der Waals surface area contributed by atoms with Crippen molar-refractivity contribution in [2.45, 2.75) is 161 Å². The fourth-order valence-electron chi connectivity index (χ4n) is 20.9. The van der Waals surface area contributed by atoms with Crippen molar-refractivity contribution in [2.24, 2.45) is 35.2 Å². The van der Waals surface area contributed by atoms with Gasteiger partial charge in [0.15, 0.2) is 59.4 Å². The Labute approximate surface area is 819 Å². The van der Waals surface area contributed by atoms with E-state index in [1.54, 1.807) is 0 Å². The van der Waals surface area contributed by atoms with Crippen molar-refractivity contribution >= 4 is 138 Å². The quantitative estimate of drug-likeness (QED) is 0.0947. The summed E-state index contributed by atoms with van der Waals surface area (Å²) in [6.45, 7) is 78.3. The molecule has 0 radical (unpaired) electrons. The summed E-state index contributed by atoms with van der Waals surface area (Å²) in [5, 5.41) is 11.1. The van der Waals surface area contributed by atoms with E-state index < -0.39 is 0 Å². The SMILES string of the molecule is [C-]#[N+]c1c(C(C)C)cc2c(oc3c(-c4cccc[n+]4C)c(C)ccc32)c1C(C)C.[C-]#[N+]c1c(C)cc2c(oc3c(-c4cccc[n+]4C)c(C)ccc32)c1C(C)C.[C-]#[N+]c1cc(C)c2c(oc3c(-c4cccc[n+]4C)c(C)ccc32)c1C(C)C.[C-]#[N+]c1ccc2c(oc3c(-c4cccc[n+]4C)c(C)cc(-c4ccccc4)c32)c1C.[C-]#[N+]c1ccc2c(oc3c(-c4cccc[n+]4C)c(C)cc(C)c32)c1C(C)C. The molecule has 0 bridgehead atoms. The first-order valence-corrected chi connectivity index (χ1v) is 47.9. The second kappa shape index (κ2) is 38.7. The number of benzene rings is 11. The van der Waals surface area contributed by atoms with Crippen molar-refractivity contribution in [3.8, 4) is 67.4 Å². The van der Waals surface area contributed by atoms with E-state index in [4.69, 9.17) is 54.9 Å². The summed E-state index contributed by atoms with van der Waals surface area (Å²) in [5.74, 6) is 1.14. The molecule has 11 aromatic carbocycles. The number of fused-ring (bicyclic) bond motifs is 15. The lowest BCUT2D eigenvalue weighted by molar-refractivity contribution is -0.660. The second-order valence-electron chi connectivity index (χ2n) is 38.7. The summed E-state index contributed by atoms with van der Waals surface area (Å²) < 4.78 is 43.3. The Morgan fingerprint density at radius 3 is 1.01 bits per heavy atom. The van der Waals surface area contributed by atoms with Gasteiger partial charge in [-0.1, -0.05) is 184 Å². The molecule has 0 fully saturated rings. The van der Waals surface area contributed by atoms with Gasteiger partial charge >= 0.3 is 0 Å². The molecule has 692 valence electrons. The van der Waals surface area contributed by atoms with Crippen LogP contribution in [0.1, 0.15) is 177 Å². The summed E-state index contributed by atoms with van der Waals surface area (Å²) in [7, 11) is 10.3. The van der Waals surface area contributed by atoms with E-state index >= 15 is 0 Å².